The lowest BCUT2D eigenvalue weighted by Gasteiger charge is -2.08. The maximum Gasteiger partial charge on any atom is 0.257 e. The van der Waals surface area contributed by atoms with Crippen molar-refractivity contribution in [2.45, 2.75) is 20.8 Å². The number of nitrogens with zero attached hydrogens (tertiary/aromatic N) is 1. The van der Waals surface area contributed by atoms with Gasteiger partial charge in [-0.1, -0.05) is 23.8 Å². The van der Waals surface area contributed by atoms with Gasteiger partial charge in [-0.3, -0.25) is 10.1 Å². The summed E-state index contributed by atoms with van der Waals surface area (Å²) in [5, 5.41) is 5.43. The molecule has 0 radical (unpaired) electrons. The van der Waals surface area contributed by atoms with Crippen molar-refractivity contribution in [2.75, 3.05) is 12.4 Å². The van der Waals surface area contributed by atoms with Gasteiger partial charge in [0, 0.05) is 16.5 Å². The molecule has 3 rings (SSSR count). The maximum atomic E-state index is 12.4. The molecule has 128 valence electrons. The number of anilines is 1. The molecule has 0 fully saturated rings. The first-order chi connectivity index (χ1) is 12.0. The zero-order chi connectivity index (χ0) is 18.0. The van der Waals surface area contributed by atoms with Crippen molar-refractivity contribution < 1.29 is 9.53 Å². The fraction of sp³-hybridized carbons (Fsp3) is 0.200. The molecule has 25 heavy (non-hydrogen) atoms. The molecule has 0 aliphatic carbocycles. The van der Waals surface area contributed by atoms with E-state index < -0.39 is 0 Å². The third-order valence-corrected chi connectivity index (χ3v) is 4.75. The predicted octanol–water partition coefficient (Wildman–Crippen LogP) is 5.00. The van der Waals surface area contributed by atoms with Crippen LogP contribution in [-0.2, 0) is 0 Å². The Balaban J connectivity index is 1.83. The fourth-order valence-corrected chi connectivity index (χ4v) is 3.66. The van der Waals surface area contributed by atoms with Gasteiger partial charge in [-0.05, 0) is 50.1 Å². The highest BCUT2D eigenvalue weighted by molar-refractivity contribution is 7.14. The minimum absolute atomic E-state index is 0.197. The lowest BCUT2D eigenvalue weighted by molar-refractivity contribution is 0.102. The Hall–Kier alpha value is -2.66. The van der Waals surface area contributed by atoms with Crippen LogP contribution in [0.25, 0.3) is 11.3 Å². The predicted molar refractivity (Wildman–Crippen MR) is 103 cm³/mol. The molecule has 1 heterocycles. The van der Waals surface area contributed by atoms with Crippen LogP contribution in [0.1, 0.15) is 27.0 Å². The Morgan fingerprint density at radius 1 is 1.12 bits per heavy atom. The fourth-order valence-electron chi connectivity index (χ4n) is 2.96. The van der Waals surface area contributed by atoms with Crippen molar-refractivity contribution in [3.63, 3.8) is 0 Å². The molecule has 0 spiro atoms. The lowest BCUT2D eigenvalue weighted by Crippen LogP contribution is -2.11. The van der Waals surface area contributed by atoms with Gasteiger partial charge in [0.2, 0.25) is 0 Å². The van der Waals surface area contributed by atoms with Crippen molar-refractivity contribution >= 4 is 22.4 Å². The summed E-state index contributed by atoms with van der Waals surface area (Å²) in [6.07, 6.45) is 0. The number of amides is 1. The summed E-state index contributed by atoms with van der Waals surface area (Å²) < 4.78 is 5.16. The third kappa shape index (κ3) is 3.72. The molecule has 0 atom stereocenters. The SMILES string of the molecule is COc1cccc(C(=O)Nc2nc(-c3c(C)cc(C)cc3C)cs2)c1. The number of carbonyl (C=O) groups excluding carboxylic acids is 1. The summed E-state index contributed by atoms with van der Waals surface area (Å²) in [4.78, 5) is 17.0. The largest absolute Gasteiger partial charge is 0.497 e. The average molecular weight is 352 g/mol. The minimum Gasteiger partial charge on any atom is -0.497 e. The van der Waals surface area contributed by atoms with Crippen molar-refractivity contribution in [1.29, 1.82) is 0 Å². The monoisotopic (exact) mass is 352 g/mol. The van der Waals surface area contributed by atoms with E-state index >= 15 is 0 Å². The Kier molecular flexibility index (Phi) is 4.86. The number of thiazole rings is 1. The quantitative estimate of drug-likeness (QED) is 0.719. The van der Waals surface area contributed by atoms with Crippen LogP contribution < -0.4 is 10.1 Å². The normalized spacial score (nSPS) is 10.6. The molecule has 4 nitrogen and oxygen atoms in total. The van der Waals surface area contributed by atoms with E-state index in [2.05, 4.69) is 43.2 Å². The number of carbonyl (C=O) groups is 1. The van der Waals surface area contributed by atoms with E-state index in [1.807, 2.05) is 5.38 Å². The van der Waals surface area contributed by atoms with Gasteiger partial charge < -0.3 is 4.74 Å². The smallest absolute Gasteiger partial charge is 0.257 e. The van der Waals surface area contributed by atoms with Crippen LogP contribution in [0, 0.1) is 20.8 Å². The number of rotatable bonds is 4. The molecule has 0 bridgehead atoms. The first kappa shape index (κ1) is 17.2. The van der Waals surface area contributed by atoms with Crippen LogP contribution in [-0.4, -0.2) is 18.0 Å². The second kappa shape index (κ2) is 7.07. The van der Waals surface area contributed by atoms with Gasteiger partial charge in [-0.2, -0.15) is 0 Å². The molecule has 2 aromatic carbocycles. The number of hydrogen-bond donors (Lipinski definition) is 1. The number of benzene rings is 2. The van der Waals surface area contributed by atoms with Gasteiger partial charge in [0.15, 0.2) is 5.13 Å². The third-order valence-electron chi connectivity index (χ3n) is 3.99. The van der Waals surface area contributed by atoms with Gasteiger partial charge in [0.05, 0.1) is 12.8 Å². The van der Waals surface area contributed by atoms with Gasteiger partial charge in [0.1, 0.15) is 5.75 Å². The molecule has 0 saturated heterocycles. The summed E-state index contributed by atoms with van der Waals surface area (Å²) in [5.41, 5.74) is 6.17. The van der Waals surface area contributed by atoms with Crippen molar-refractivity contribution in [3.8, 4) is 17.0 Å². The standard InChI is InChI=1S/C20H20N2O2S/c1-12-8-13(2)18(14(3)9-12)17-11-25-20(21-17)22-19(23)15-6-5-7-16(10-15)24-4/h5-11H,1-4H3,(H,21,22,23). The van der Waals surface area contributed by atoms with Crippen molar-refractivity contribution in [1.82, 2.24) is 4.98 Å². The van der Waals surface area contributed by atoms with Gasteiger partial charge in [-0.15, -0.1) is 11.3 Å². The summed E-state index contributed by atoms with van der Waals surface area (Å²) in [6, 6.07) is 11.4. The Labute approximate surface area is 151 Å². The highest BCUT2D eigenvalue weighted by atomic mass is 32.1. The first-order valence-electron chi connectivity index (χ1n) is 7.97. The van der Waals surface area contributed by atoms with Crippen LogP contribution in [0.4, 0.5) is 5.13 Å². The number of hydrogen-bond acceptors (Lipinski definition) is 4. The van der Waals surface area contributed by atoms with E-state index in [4.69, 9.17) is 4.74 Å². The van der Waals surface area contributed by atoms with Crippen molar-refractivity contribution in [2.24, 2.45) is 0 Å². The molecular weight excluding hydrogens is 332 g/mol. The highest BCUT2D eigenvalue weighted by Gasteiger charge is 2.13. The number of aromatic nitrogens is 1. The van der Waals surface area contributed by atoms with Crippen LogP contribution in [0.2, 0.25) is 0 Å². The summed E-state index contributed by atoms with van der Waals surface area (Å²) in [5.74, 6) is 0.454. The molecule has 0 saturated carbocycles. The Bertz CT molecular complexity index is 908. The van der Waals surface area contributed by atoms with E-state index in [9.17, 15) is 4.79 Å². The second-order valence-electron chi connectivity index (χ2n) is 6.00. The van der Waals surface area contributed by atoms with E-state index in [-0.39, 0.29) is 5.91 Å². The molecule has 1 N–H and O–H groups in total. The van der Waals surface area contributed by atoms with E-state index in [0.29, 0.717) is 16.4 Å². The molecule has 1 aromatic heterocycles. The zero-order valence-electron chi connectivity index (χ0n) is 14.7. The minimum atomic E-state index is -0.197. The summed E-state index contributed by atoms with van der Waals surface area (Å²) >= 11 is 1.42. The topological polar surface area (TPSA) is 51.2 Å². The van der Waals surface area contributed by atoms with Crippen LogP contribution in [0.3, 0.4) is 0 Å². The number of ether oxygens (including phenoxy) is 1. The van der Waals surface area contributed by atoms with E-state index in [1.165, 1.54) is 28.0 Å². The van der Waals surface area contributed by atoms with E-state index in [1.54, 1.807) is 31.4 Å². The second-order valence-corrected chi connectivity index (χ2v) is 6.86. The summed E-state index contributed by atoms with van der Waals surface area (Å²) in [6.45, 7) is 6.26. The molecule has 0 unspecified atom stereocenters. The van der Waals surface area contributed by atoms with Crippen molar-refractivity contribution in [3.05, 3.63) is 64.0 Å². The molecule has 0 aliphatic rings. The van der Waals surface area contributed by atoms with Crippen LogP contribution in [0.5, 0.6) is 5.75 Å². The number of methoxy groups -OCH3 is 1. The van der Waals surface area contributed by atoms with Gasteiger partial charge in [0.25, 0.3) is 5.91 Å². The highest BCUT2D eigenvalue weighted by Crippen LogP contribution is 2.31. The molecule has 5 heteroatoms. The van der Waals surface area contributed by atoms with Crippen LogP contribution in [0.15, 0.2) is 41.8 Å². The van der Waals surface area contributed by atoms with E-state index in [0.717, 1.165) is 11.3 Å². The average Bonchev–Trinajstić information content (AvgIpc) is 3.02. The lowest BCUT2D eigenvalue weighted by atomic mass is 9.98. The number of aryl methyl sites for hydroxylation is 3. The van der Waals surface area contributed by atoms with Crippen LogP contribution >= 0.6 is 11.3 Å². The van der Waals surface area contributed by atoms with Gasteiger partial charge in [-0.25, -0.2) is 4.98 Å². The maximum absolute atomic E-state index is 12.4. The Morgan fingerprint density at radius 2 is 1.84 bits per heavy atom. The molecule has 1 amide bonds. The molecule has 0 aliphatic heterocycles. The van der Waals surface area contributed by atoms with Gasteiger partial charge >= 0.3 is 0 Å². The first-order valence-corrected chi connectivity index (χ1v) is 8.85. The number of nitrogens with one attached hydrogen (secondary N) is 1. The Morgan fingerprint density at radius 3 is 2.52 bits per heavy atom. The zero-order valence-corrected chi connectivity index (χ0v) is 15.5. The summed E-state index contributed by atoms with van der Waals surface area (Å²) in [7, 11) is 1.58. The molecular formula is C20H20N2O2S. The molecule has 3 aromatic rings.